The molecule has 32 heavy (non-hydrogen) atoms. The summed E-state index contributed by atoms with van der Waals surface area (Å²) in [4.78, 5) is 13.2. The summed E-state index contributed by atoms with van der Waals surface area (Å²) in [5, 5.41) is 12.0. The summed E-state index contributed by atoms with van der Waals surface area (Å²) in [5.74, 6) is 0.213. The van der Waals surface area contributed by atoms with E-state index in [4.69, 9.17) is 16.3 Å². The second kappa shape index (κ2) is 9.99. The van der Waals surface area contributed by atoms with Gasteiger partial charge in [-0.3, -0.25) is 4.79 Å². The highest BCUT2D eigenvalue weighted by Crippen LogP contribution is 2.49. The highest BCUT2D eigenvalue weighted by Gasteiger charge is 2.45. The van der Waals surface area contributed by atoms with Gasteiger partial charge in [-0.15, -0.1) is 0 Å². The van der Waals surface area contributed by atoms with E-state index in [9.17, 15) is 9.90 Å². The Balaban J connectivity index is 1.77. The molecular weight excluding hydrogens is 420 g/mol. The third kappa shape index (κ3) is 4.80. The van der Waals surface area contributed by atoms with Gasteiger partial charge in [0.1, 0.15) is 18.0 Å². The van der Waals surface area contributed by atoms with E-state index in [1.54, 1.807) is 0 Å². The van der Waals surface area contributed by atoms with Crippen LogP contribution in [0.4, 0.5) is 0 Å². The molecule has 0 aromatic heterocycles. The number of aliphatic hydroxyl groups is 1. The highest BCUT2D eigenvalue weighted by atomic mass is 35.5. The minimum Gasteiger partial charge on any atom is -0.385 e. The molecule has 0 spiro atoms. The lowest BCUT2D eigenvalue weighted by atomic mass is 9.69. The van der Waals surface area contributed by atoms with E-state index in [0.717, 1.165) is 36.0 Å². The number of rotatable bonds is 7. The SMILES string of the molecule is C[C@]1([C@H](O[C@@H](c2ccccc2)[C@@H](O)c2ccccc2)c2ccc(Cl)cc2)CCCCC1=O. The van der Waals surface area contributed by atoms with Gasteiger partial charge < -0.3 is 9.84 Å². The van der Waals surface area contributed by atoms with Crippen LogP contribution < -0.4 is 0 Å². The summed E-state index contributed by atoms with van der Waals surface area (Å²) in [6.45, 7) is 2.00. The first-order valence-electron chi connectivity index (χ1n) is 11.2. The zero-order valence-electron chi connectivity index (χ0n) is 18.3. The summed E-state index contributed by atoms with van der Waals surface area (Å²) in [6, 6.07) is 26.8. The topological polar surface area (TPSA) is 46.5 Å². The Labute approximate surface area is 195 Å². The number of ether oxygens (including phenoxy) is 1. The predicted octanol–water partition coefficient (Wildman–Crippen LogP) is 7.02. The molecule has 1 saturated carbocycles. The van der Waals surface area contributed by atoms with Crippen molar-refractivity contribution in [1.82, 2.24) is 0 Å². The lowest BCUT2D eigenvalue weighted by molar-refractivity contribution is -0.158. The number of aliphatic hydroxyl groups excluding tert-OH is 1. The van der Waals surface area contributed by atoms with Gasteiger partial charge in [-0.1, -0.05) is 90.8 Å². The molecule has 1 aliphatic carbocycles. The number of carbonyl (C=O) groups excluding carboxylic acids is 1. The quantitative estimate of drug-likeness (QED) is 0.422. The summed E-state index contributed by atoms with van der Waals surface area (Å²) in [7, 11) is 0. The van der Waals surface area contributed by atoms with Crippen molar-refractivity contribution in [3.8, 4) is 0 Å². The molecule has 166 valence electrons. The van der Waals surface area contributed by atoms with E-state index in [2.05, 4.69) is 0 Å². The first-order chi connectivity index (χ1) is 15.5. The van der Waals surface area contributed by atoms with Crippen LogP contribution in [0.1, 0.15) is 67.6 Å². The van der Waals surface area contributed by atoms with Crippen molar-refractivity contribution in [2.45, 2.75) is 50.9 Å². The molecule has 1 N–H and O–H groups in total. The van der Waals surface area contributed by atoms with Crippen LogP contribution in [0, 0.1) is 5.41 Å². The Morgan fingerprint density at radius 1 is 0.844 bits per heavy atom. The molecule has 4 heteroatoms. The van der Waals surface area contributed by atoms with Crippen molar-refractivity contribution in [1.29, 1.82) is 0 Å². The first kappa shape index (κ1) is 22.7. The number of carbonyl (C=O) groups is 1. The van der Waals surface area contributed by atoms with Crippen LogP contribution in [0.15, 0.2) is 84.9 Å². The number of halogens is 1. The van der Waals surface area contributed by atoms with Crippen LogP contribution in [-0.4, -0.2) is 10.9 Å². The molecule has 0 saturated heterocycles. The second-order valence-electron chi connectivity index (χ2n) is 8.80. The average Bonchev–Trinajstić information content (AvgIpc) is 2.83. The van der Waals surface area contributed by atoms with E-state index in [-0.39, 0.29) is 5.78 Å². The molecule has 0 amide bonds. The van der Waals surface area contributed by atoms with Gasteiger partial charge in [-0.25, -0.2) is 0 Å². The smallest absolute Gasteiger partial charge is 0.141 e. The van der Waals surface area contributed by atoms with Crippen LogP contribution in [0.25, 0.3) is 0 Å². The van der Waals surface area contributed by atoms with Gasteiger partial charge in [0.15, 0.2) is 0 Å². The standard InChI is InChI=1S/C28H29ClO3/c1-28(19-9-8-14-24(28)30)27(22-15-17-23(29)18-16-22)32-26(21-12-6-3-7-13-21)25(31)20-10-4-2-5-11-20/h2-7,10-13,15-18,25-27,31H,8-9,14,19H2,1H3/t25-,26-,27+,28-/m0/s1. The van der Waals surface area contributed by atoms with E-state index in [0.29, 0.717) is 11.4 Å². The minimum atomic E-state index is -0.879. The van der Waals surface area contributed by atoms with Gasteiger partial charge in [0, 0.05) is 11.4 Å². The molecule has 3 nitrogen and oxygen atoms in total. The Hall–Kier alpha value is -2.46. The van der Waals surface area contributed by atoms with Crippen molar-refractivity contribution in [2.24, 2.45) is 5.41 Å². The fourth-order valence-electron chi connectivity index (χ4n) is 4.66. The molecule has 3 aromatic rings. The van der Waals surface area contributed by atoms with E-state index in [1.807, 2.05) is 91.9 Å². The average molecular weight is 449 g/mol. The number of hydrogen-bond donors (Lipinski definition) is 1. The van der Waals surface area contributed by atoms with Crippen LogP contribution in [0.3, 0.4) is 0 Å². The van der Waals surface area contributed by atoms with Gasteiger partial charge in [0.25, 0.3) is 0 Å². The van der Waals surface area contributed by atoms with Crippen molar-refractivity contribution in [3.63, 3.8) is 0 Å². The fourth-order valence-corrected chi connectivity index (χ4v) is 4.79. The maximum Gasteiger partial charge on any atom is 0.141 e. The Kier molecular flexibility index (Phi) is 7.10. The molecule has 0 bridgehead atoms. The van der Waals surface area contributed by atoms with Gasteiger partial charge in [0.05, 0.1) is 11.5 Å². The molecule has 0 radical (unpaired) electrons. The zero-order valence-corrected chi connectivity index (χ0v) is 19.0. The largest absolute Gasteiger partial charge is 0.385 e. The lowest BCUT2D eigenvalue weighted by Crippen LogP contribution is -2.39. The molecule has 0 heterocycles. The summed E-state index contributed by atoms with van der Waals surface area (Å²) in [5.41, 5.74) is 1.87. The van der Waals surface area contributed by atoms with E-state index in [1.165, 1.54) is 0 Å². The summed E-state index contributed by atoms with van der Waals surface area (Å²) < 4.78 is 6.78. The Bertz CT molecular complexity index is 1020. The van der Waals surface area contributed by atoms with Crippen molar-refractivity contribution >= 4 is 17.4 Å². The molecular formula is C28H29ClO3. The fraction of sp³-hybridized carbons (Fsp3) is 0.321. The molecule has 0 unspecified atom stereocenters. The van der Waals surface area contributed by atoms with Crippen LogP contribution in [0.2, 0.25) is 5.02 Å². The number of hydrogen-bond acceptors (Lipinski definition) is 3. The molecule has 4 rings (SSSR count). The Morgan fingerprint density at radius 2 is 1.44 bits per heavy atom. The third-order valence-electron chi connectivity index (χ3n) is 6.58. The van der Waals surface area contributed by atoms with Crippen molar-refractivity contribution < 1.29 is 14.6 Å². The van der Waals surface area contributed by atoms with Gasteiger partial charge >= 0.3 is 0 Å². The lowest BCUT2D eigenvalue weighted by Gasteiger charge is -2.41. The predicted molar refractivity (Wildman–Crippen MR) is 127 cm³/mol. The van der Waals surface area contributed by atoms with E-state index >= 15 is 0 Å². The van der Waals surface area contributed by atoms with E-state index < -0.39 is 23.7 Å². The maximum atomic E-state index is 13.2. The second-order valence-corrected chi connectivity index (χ2v) is 9.24. The van der Waals surface area contributed by atoms with Crippen LogP contribution >= 0.6 is 11.6 Å². The van der Waals surface area contributed by atoms with Gasteiger partial charge in [-0.05, 0) is 48.6 Å². The van der Waals surface area contributed by atoms with Crippen LogP contribution in [0.5, 0.6) is 0 Å². The minimum absolute atomic E-state index is 0.213. The summed E-state index contributed by atoms with van der Waals surface area (Å²) >= 11 is 6.15. The van der Waals surface area contributed by atoms with Gasteiger partial charge in [-0.2, -0.15) is 0 Å². The molecule has 1 aliphatic rings. The number of benzene rings is 3. The first-order valence-corrected chi connectivity index (χ1v) is 11.6. The molecule has 0 aliphatic heterocycles. The molecule has 1 fully saturated rings. The van der Waals surface area contributed by atoms with Crippen molar-refractivity contribution in [3.05, 3.63) is 107 Å². The maximum absolute atomic E-state index is 13.2. The highest BCUT2D eigenvalue weighted by molar-refractivity contribution is 6.30. The normalized spacial score (nSPS) is 21.7. The molecule has 3 aromatic carbocycles. The number of Topliss-reactive ketones (excluding diaryl/α,β-unsaturated/α-hetero) is 1. The van der Waals surface area contributed by atoms with Crippen LogP contribution in [-0.2, 0) is 9.53 Å². The third-order valence-corrected chi connectivity index (χ3v) is 6.83. The molecule has 4 atom stereocenters. The Morgan fingerprint density at radius 3 is 2.03 bits per heavy atom. The van der Waals surface area contributed by atoms with Crippen molar-refractivity contribution in [2.75, 3.05) is 0 Å². The summed E-state index contributed by atoms with van der Waals surface area (Å²) in [6.07, 6.45) is 1.19. The number of ketones is 1. The monoisotopic (exact) mass is 448 g/mol. The zero-order chi connectivity index (χ0) is 22.6. The van der Waals surface area contributed by atoms with Gasteiger partial charge in [0.2, 0.25) is 0 Å².